The molecule has 9 nitrogen and oxygen atoms in total. The van der Waals surface area contributed by atoms with Gasteiger partial charge in [0.1, 0.15) is 11.5 Å². The molecule has 0 bridgehead atoms. The normalized spacial score (nSPS) is 16.7. The number of para-hydroxylation sites is 1. The van der Waals surface area contributed by atoms with Gasteiger partial charge in [-0.1, -0.05) is 19.1 Å². The number of nitrogens with zero attached hydrogens (tertiary/aromatic N) is 3. The van der Waals surface area contributed by atoms with Crippen LogP contribution >= 0.6 is 0 Å². The predicted molar refractivity (Wildman–Crippen MR) is 138 cm³/mol. The summed E-state index contributed by atoms with van der Waals surface area (Å²) in [4.78, 5) is 32.2. The van der Waals surface area contributed by atoms with Gasteiger partial charge in [0.25, 0.3) is 11.7 Å². The molecule has 3 aromatic rings. The Morgan fingerprint density at radius 3 is 2.49 bits per heavy atom. The summed E-state index contributed by atoms with van der Waals surface area (Å²) in [6.07, 6.45) is 6.67. The number of rotatable bonds is 11. The molecule has 1 fully saturated rings. The van der Waals surface area contributed by atoms with Crippen LogP contribution in [-0.4, -0.2) is 58.6 Å². The number of hydrogen-bond acceptors (Lipinski definition) is 7. The van der Waals surface area contributed by atoms with Crippen molar-refractivity contribution < 1.29 is 28.9 Å². The van der Waals surface area contributed by atoms with Gasteiger partial charge in [0.2, 0.25) is 0 Å². The molecule has 1 aliphatic rings. The van der Waals surface area contributed by atoms with Crippen molar-refractivity contribution in [3.8, 4) is 17.2 Å². The highest BCUT2D eigenvalue weighted by Gasteiger charge is 2.47. The molecule has 2 aromatic carbocycles. The van der Waals surface area contributed by atoms with E-state index in [0.717, 1.165) is 6.42 Å². The third-order valence-corrected chi connectivity index (χ3v) is 6.24. The standard InChI is InChI=1S/C28H31N3O6/c1-4-17-37-20-11-9-19(10-12-20)25(32)23-24(21-7-5-8-22(35-2)27(21)36-3)31(28(34)26(23)33)15-6-14-30-16-13-29-18-30/h5,7-13,16,18,24,32H,4,6,14-15,17H2,1-3H3/t24-/m1/s1. The van der Waals surface area contributed by atoms with Crippen LogP contribution < -0.4 is 14.2 Å². The largest absolute Gasteiger partial charge is 0.507 e. The van der Waals surface area contributed by atoms with Crippen molar-refractivity contribution in [1.29, 1.82) is 0 Å². The van der Waals surface area contributed by atoms with E-state index < -0.39 is 17.7 Å². The first-order valence-electron chi connectivity index (χ1n) is 12.2. The van der Waals surface area contributed by atoms with E-state index in [2.05, 4.69) is 4.98 Å². The summed E-state index contributed by atoms with van der Waals surface area (Å²) in [6, 6.07) is 11.2. The highest BCUT2D eigenvalue weighted by Crippen LogP contribution is 2.45. The van der Waals surface area contributed by atoms with Crippen molar-refractivity contribution >= 4 is 17.4 Å². The van der Waals surface area contributed by atoms with Gasteiger partial charge in [-0.05, 0) is 43.2 Å². The second kappa shape index (κ2) is 11.6. The molecule has 1 amide bonds. The molecule has 9 heteroatoms. The molecule has 1 aromatic heterocycles. The fraction of sp³-hybridized carbons (Fsp3) is 0.321. The molecular weight excluding hydrogens is 474 g/mol. The van der Waals surface area contributed by atoms with Gasteiger partial charge in [0.15, 0.2) is 11.5 Å². The fourth-order valence-electron chi connectivity index (χ4n) is 4.49. The third-order valence-electron chi connectivity index (χ3n) is 6.24. The number of carbonyl (C=O) groups excluding carboxylic acids is 2. The average Bonchev–Trinajstić information content (AvgIpc) is 3.53. The maximum absolute atomic E-state index is 13.3. The number of aliphatic hydroxyl groups is 1. The first kappa shape index (κ1) is 25.8. The summed E-state index contributed by atoms with van der Waals surface area (Å²) in [6.45, 7) is 3.49. The monoisotopic (exact) mass is 505 g/mol. The average molecular weight is 506 g/mol. The Balaban J connectivity index is 1.77. The molecule has 0 aliphatic carbocycles. The predicted octanol–water partition coefficient (Wildman–Crippen LogP) is 4.20. The van der Waals surface area contributed by atoms with Crippen LogP contribution in [-0.2, 0) is 16.1 Å². The van der Waals surface area contributed by atoms with Gasteiger partial charge < -0.3 is 28.8 Å². The van der Waals surface area contributed by atoms with Crippen molar-refractivity contribution in [1.82, 2.24) is 14.5 Å². The van der Waals surface area contributed by atoms with Crippen LogP contribution in [0.25, 0.3) is 5.76 Å². The Kier molecular flexibility index (Phi) is 8.12. The van der Waals surface area contributed by atoms with Gasteiger partial charge in [-0.15, -0.1) is 0 Å². The molecule has 0 radical (unpaired) electrons. The van der Waals surface area contributed by atoms with Crippen LogP contribution in [0.2, 0.25) is 0 Å². The molecule has 0 spiro atoms. The van der Waals surface area contributed by atoms with Gasteiger partial charge in [-0.25, -0.2) is 4.98 Å². The third kappa shape index (κ3) is 5.30. The topological polar surface area (TPSA) is 103 Å². The lowest BCUT2D eigenvalue weighted by Gasteiger charge is -2.27. The summed E-state index contributed by atoms with van der Waals surface area (Å²) in [7, 11) is 3.02. The Labute approximate surface area is 215 Å². The van der Waals surface area contributed by atoms with E-state index in [0.29, 0.717) is 47.9 Å². The van der Waals surface area contributed by atoms with Crippen LogP contribution in [0.15, 0.2) is 66.8 Å². The highest BCUT2D eigenvalue weighted by atomic mass is 16.5. The number of ketones is 1. The molecule has 37 heavy (non-hydrogen) atoms. The number of hydrogen-bond donors (Lipinski definition) is 1. The first-order chi connectivity index (χ1) is 18.0. The maximum Gasteiger partial charge on any atom is 0.295 e. The number of ether oxygens (including phenoxy) is 3. The van der Waals surface area contributed by atoms with E-state index in [1.807, 2.05) is 17.7 Å². The van der Waals surface area contributed by atoms with E-state index in [-0.39, 0.29) is 17.9 Å². The zero-order valence-corrected chi connectivity index (χ0v) is 21.2. The number of aryl methyl sites for hydroxylation is 1. The van der Waals surface area contributed by atoms with E-state index >= 15 is 0 Å². The second-order valence-corrected chi connectivity index (χ2v) is 8.60. The Bertz CT molecular complexity index is 1270. The zero-order valence-electron chi connectivity index (χ0n) is 21.2. The first-order valence-corrected chi connectivity index (χ1v) is 12.2. The smallest absolute Gasteiger partial charge is 0.295 e. The summed E-state index contributed by atoms with van der Waals surface area (Å²) >= 11 is 0. The molecule has 1 atom stereocenters. The number of aliphatic hydroxyl groups excluding tert-OH is 1. The van der Waals surface area contributed by atoms with Gasteiger partial charge in [0, 0.05) is 36.6 Å². The maximum atomic E-state index is 13.3. The zero-order chi connectivity index (χ0) is 26.4. The van der Waals surface area contributed by atoms with Crippen molar-refractivity contribution in [2.24, 2.45) is 0 Å². The molecule has 0 saturated carbocycles. The van der Waals surface area contributed by atoms with Crippen LogP contribution in [0.1, 0.15) is 36.9 Å². The molecule has 2 heterocycles. The summed E-state index contributed by atoms with van der Waals surface area (Å²) in [5.74, 6) is -0.171. The van der Waals surface area contributed by atoms with Gasteiger partial charge in [0.05, 0.1) is 38.8 Å². The van der Waals surface area contributed by atoms with Gasteiger partial charge in [-0.3, -0.25) is 9.59 Å². The minimum absolute atomic E-state index is 0.00131. The molecule has 4 rings (SSSR count). The van der Waals surface area contributed by atoms with Gasteiger partial charge in [-0.2, -0.15) is 0 Å². The molecule has 1 aliphatic heterocycles. The number of likely N-dealkylation sites (tertiary alicyclic amines) is 1. The Morgan fingerprint density at radius 1 is 1.05 bits per heavy atom. The van der Waals surface area contributed by atoms with Crippen LogP contribution in [0.3, 0.4) is 0 Å². The fourth-order valence-corrected chi connectivity index (χ4v) is 4.49. The summed E-state index contributed by atoms with van der Waals surface area (Å²) < 4.78 is 18.6. The van der Waals surface area contributed by atoms with E-state index in [9.17, 15) is 14.7 Å². The van der Waals surface area contributed by atoms with Crippen LogP contribution in [0.4, 0.5) is 0 Å². The molecular formula is C28H31N3O6. The lowest BCUT2D eigenvalue weighted by molar-refractivity contribution is -0.140. The van der Waals surface area contributed by atoms with Crippen LogP contribution in [0.5, 0.6) is 17.2 Å². The lowest BCUT2D eigenvalue weighted by atomic mass is 9.94. The van der Waals surface area contributed by atoms with Crippen molar-refractivity contribution in [2.75, 3.05) is 27.4 Å². The number of benzene rings is 2. The number of amides is 1. The highest BCUT2D eigenvalue weighted by molar-refractivity contribution is 6.46. The number of Topliss-reactive ketones (excluding diaryl/α,β-unsaturated/α-hetero) is 1. The summed E-state index contributed by atoms with van der Waals surface area (Å²) in [5, 5.41) is 11.3. The summed E-state index contributed by atoms with van der Waals surface area (Å²) in [5.41, 5.74) is 0.960. The molecule has 1 N–H and O–H groups in total. The van der Waals surface area contributed by atoms with Crippen molar-refractivity contribution in [3.63, 3.8) is 0 Å². The molecule has 1 saturated heterocycles. The quantitative estimate of drug-likeness (QED) is 0.237. The van der Waals surface area contributed by atoms with Crippen LogP contribution in [0, 0.1) is 0 Å². The second-order valence-electron chi connectivity index (χ2n) is 8.60. The Hall–Kier alpha value is -4.27. The Morgan fingerprint density at radius 2 is 1.84 bits per heavy atom. The minimum atomic E-state index is -0.858. The van der Waals surface area contributed by atoms with E-state index in [1.54, 1.807) is 55.0 Å². The van der Waals surface area contributed by atoms with Crippen molar-refractivity contribution in [3.05, 3.63) is 77.9 Å². The number of carbonyl (C=O) groups is 2. The molecule has 0 unspecified atom stereocenters. The van der Waals surface area contributed by atoms with Crippen molar-refractivity contribution in [2.45, 2.75) is 32.4 Å². The van der Waals surface area contributed by atoms with Gasteiger partial charge >= 0.3 is 0 Å². The number of imidazole rings is 1. The van der Waals surface area contributed by atoms with E-state index in [4.69, 9.17) is 14.2 Å². The van der Waals surface area contributed by atoms with E-state index in [1.165, 1.54) is 19.1 Å². The number of aromatic nitrogens is 2. The molecule has 194 valence electrons. The minimum Gasteiger partial charge on any atom is -0.507 e. The number of methoxy groups -OCH3 is 2. The SMILES string of the molecule is CCCOc1ccc(C(O)=C2C(=O)C(=O)N(CCCn3ccnc3)[C@@H]2c2cccc(OC)c2OC)cc1. The lowest BCUT2D eigenvalue weighted by Crippen LogP contribution is -2.31.